The lowest BCUT2D eigenvalue weighted by atomic mass is 9.91. The molecule has 0 radical (unpaired) electrons. The van der Waals surface area contributed by atoms with Gasteiger partial charge in [-0.25, -0.2) is 0 Å². The van der Waals surface area contributed by atoms with Crippen LogP contribution in [0.25, 0.3) is 0 Å². The highest BCUT2D eigenvalue weighted by Gasteiger charge is 2.34. The Labute approximate surface area is 176 Å². The van der Waals surface area contributed by atoms with Gasteiger partial charge in [0.25, 0.3) is 0 Å². The van der Waals surface area contributed by atoms with E-state index in [1.807, 2.05) is 6.07 Å². The topological polar surface area (TPSA) is 32.7 Å². The van der Waals surface area contributed by atoms with Gasteiger partial charge in [-0.1, -0.05) is 80.4 Å². The van der Waals surface area contributed by atoms with E-state index in [9.17, 15) is 5.11 Å². The van der Waals surface area contributed by atoms with Crippen LogP contribution in [0.4, 0.5) is 0 Å². The van der Waals surface area contributed by atoms with E-state index in [0.717, 1.165) is 39.0 Å². The summed E-state index contributed by atoms with van der Waals surface area (Å²) in [5.41, 5.74) is 2.76. The molecule has 3 nitrogen and oxygen atoms in total. The molecule has 1 saturated carbocycles. The molecule has 2 aliphatic rings. The smallest absolute Gasteiger partial charge is 0.0730 e. The molecule has 2 fully saturated rings. The number of aliphatic hydroxyl groups is 1. The van der Waals surface area contributed by atoms with Crippen LogP contribution in [0.5, 0.6) is 0 Å². The van der Waals surface area contributed by atoms with Crippen LogP contribution in [0.3, 0.4) is 0 Å². The van der Waals surface area contributed by atoms with E-state index in [1.54, 1.807) is 0 Å². The van der Waals surface area contributed by atoms with Crippen LogP contribution in [0, 0.1) is 0 Å². The molecule has 29 heavy (non-hydrogen) atoms. The number of benzene rings is 2. The van der Waals surface area contributed by atoms with Gasteiger partial charge < -0.3 is 9.84 Å². The number of rotatable bonds is 6. The summed E-state index contributed by atoms with van der Waals surface area (Å²) in [6.45, 7) is 4.84. The van der Waals surface area contributed by atoms with E-state index in [1.165, 1.54) is 36.8 Å². The van der Waals surface area contributed by atoms with Crippen LogP contribution in [-0.2, 0) is 17.6 Å². The van der Waals surface area contributed by atoms with Crippen molar-refractivity contribution < 1.29 is 9.84 Å². The molecule has 0 amide bonds. The molecule has 4 rings (SSSR count). The molecule has 1 aliphatic carbocycles. The highest BCUT2D eigenvalue weighted by molar-refractivity contribution is 5.15. The van der Waals surface area contributed by atoms with Gasteiger partial charge in [0.05, 0.1) is 18.8 Å². The molecule has 0 aromatic heterocycles. The number of hydrogen-bond acceptors (Lipinski definition) is 3. The number of likely N-dealkylation sites (tertiary alicyclic amines) is 1. The van der Waals surface area contributed by atoms with E-state index >= 15 is 0 Å². The summed E-state index contributed by atoms with van der Waals surface area (Å²) in [5.74, 6) is 0. The van der Waals surface area contributed by atoms with E-state index in [-0.39, 0.29) is 6.10 Å². The second-order valence-corrected chi connectivity index (χ2v) is 8.27. The summed E-state index contributed by atoms with van der Waals surface area (Å²) in [7, 11) is 0. The molecule has 0 unspecified atom stereocenters. The number of aliphatic hydroxyl groups excluding tert-OH is 1. The molecule has 158 valence electrons. The Hall–Kier alpha value is -1.68. The minimum Gasteiger partial charge on any atom is -0.392 e. The summed E-state index contributed by atoms with van der Waals surface area (Å²) in [4.78, 5) is 2.46. The van der Waals surface area contributed by atoms with Crippen molar-refractivity contribution in [3.8, 4) is 0 Å². The molecule has 3 atom stereocenters. The molecule has 3 heteroatoms. The Balaban J connectivity index is 0.000000252. The molecule has 2 aromatic rings. The minimum absolute atomic E-state index is 0.128. The fourth-order valence-electron chi connectivity index (χ4n) is 4.45. The van der Waals surface area contributed by atoms with Gasteiger partial charge in [-0.15, -0.1) is 0 Å². The monoisotopic (exact) mass is 395 g/mol. The Bertz CT molecular complexity index is 676. The van der Waals surface area contributed by atoms with Gasteiger partial charge in [0.2, 0.25) is 0 Å². The summed E-state index contributed by atoms with van der Waals surface area (Å²) in [6, 6.07) is 21.5. The van der Waals surface area contributed by atoms with Gasteiger partial charge in [0.15, 0.2) is 0 Å². The van der Waals surface area contributed by atoms with Gasteiger partial charge in [-0.05, 0) is 43.2 Å². The van der Waals surface area contributed by atoms with Crippen molar-refractivity contribution in [1.29, 1.82) is 0 Å². The number of ether oxygens (including phenoxy) is 1. The lowest BCUT2D eigenvalue weighted by Crippen LogP contribution is -2.46. The number of aryl methyl sites for hydroxylation is 1. The van der Waals surface area contributed by atoms with Crippen molar-refractivity contribution in [3.63, 3.8) is 0 Å². The second-order valence-electron chi connectivity index (χ2n) is 8.27. The Morgan fingerprint density at radius 3 is 2.14 bits per heavy atom. The van der Waals surface area contributed by atoms with Crippen LogP contribution in [0.1, 0.15) is 50.2 Å². The lowest BCUT2D eigenvalue weighted by molar-refractivity contribution is -0.0316. The van der Waals surface area contributed by atoms with Crippen LogP contribution in [-0.4, -0.2) is 48.0 Å². The number of hydrogen-bond donors (Lipinski definition) is 1. The van der Waals surface area contributed by atoms with Crippen molar-refractivity contribution in [2.45, 2.75) is 70.1 Å². The average Bonchev–Trinajstić information content (AvgIpc) is 3.22. The zero-order chi connectivity index (χ0) is 20.3. The second kappa shape index (κ2) is 12.1. The van der Waals surface area contributed by atoms with E-state index in [2.05, 4.69) is 66.4 Å². The summed E-state index contributed by atoms with van der Waals surface area (Å²) in [5, 5.41) is 9.76. The third-order valence-corrected chi connectivity index (χ3v) is 6.15. The molecule has 1 N–H and O–H groups in total. The van der Waals surface area contributed by atoms with E-state index in [0.29, 0.717) is 12.1 Å². The summed E-state index contributed by atoms with van der Waals surface area (Å²) >= 11 is 0. The number of β-amino-alcohol motifs (C(OH)–C–C–N with tert-alkyl or cyclic N) is 1. The molecule has 1 aliphatic heterocycles. The zero-order valence-electron chi connectivity index (χ0n) is 17.9. The van der Waals surface area contributed by atoms with Crippen LogP contribution < -0.4 is 0 Å². The maximum atomic E-state index is 9.76. The lowest BCUT2D eigenvalue weighted by Gasteiger charge is -2.37. The quantitative estimate of drug-likeness (QED) is 0.757. The normalized spacial score (nSPS) is 24.7. The van der Waals surface area contributed by atoms with Gasteiger partial charge in [0.1, 0.15) is 0 Å². The highest BCUT2D eigenvalue weighted by Crippen LogP contribution is 2.28. The molecule has 2 aromatic carbocycles. The third-order valence-electron chi connectivity index (χ3n) is 6.15. The van der Waals surface area contributed by atoms with E-state index in [4.69, 9.17) is 4.74 Å². The van der Waals surface area contributed by atoms with Crippen molar-refractivity contribution in [3.05, 3.63) is 71.8 Å². The standard InChI is InChI=1S/C18H27NO2.C8H10/c20-16-10-12-19(14-16)17-8-4-5-9-18(17)21-13-11-15-6-2-1-3-7-15;1-2-8-6-4-3-5-7-8/h1-3,6-7,16-18,20H,4-5,8-14H2;3-7H,2H2,1H3/t16-,17-,18-;/m1./s1. The molecule has 0 spiro atoms. The fourth-order valence-corrected chi connectivity index (χ4v) is 4.45. The van der Waals surface area contributed by atoms with Crippen molar-refractivity contribution in [1.82, 2.24) is 4.90 Å². The number of nitrogens with zero attached hydrogens (tertiary/aromatic N) is 1. The molecular weight excluding hydrogens is 358 g/mol. The first-order chi connectivity index (χ1) is 14.3. The first-order valence-corrected chi connectivity index (χ1v) is 11.4. The fraction of sp³-hybridized carbons (Fsp3) is 0.538. The summed E-state index contributed by atoms with van der Waals surface area (Å²) in [6.07, 6.45) is 8.26. The predicted octanol–water partition coefficient (Wildman–Crippen LogP) is 4.87. The van der Waals surface area contributed by atoms with Gasteiger partial charge in [-0.3, -0.25) is 4.90 Å². The zero-order valence-corrected chi connectivity index (χ0v) is 17.9. The van der Waals surface area contributed by atoms with E-state index < -0.39 is 0 Å². The first kappa shape index (κ1) is 22.0. The summed E-state index contributed by atoms with van der Waals surface area (Å²) < 4.78 is 6.22. The van der Waals surface area contributed by atoms with Crippen molar-refractivity contribution in [2.24, 2.45) is 0 Å². The van der Waals surface area contributed by atoms with Crippen LogP contribution >= 0.6 is 0 Å². The molecule has 1 heterocycles. The molecule has 1 saturated heterocycles. The highest BCUT2D eigenvalue weighted by atomic mass is 16.5. The largest absolute Gasteiger partial charge is 0.392 e. The third kappa shape index (κ3) is 7.26. The predicted molar refractivity (Wildman–Crippen MR) is 120 cm³/mol. The Morgan fingerprint density at radius 1 is 0.897 bits per heavy atom. The first-order valence-electron chi connectivity index (χ1n) is 11.4. The molecular formula is C26H37NO2. The Kier molecular flexibility index (Phi) is 9.20. The average molecular weight is 396 g/mol. The molecule has 0 bridgehead atoms. The van der Waals surface area contributed by atoms with Crippen molar-refractivity contribution in [2.75, 3.05) is 19.7 Å². The maximum Gasteiger partial charge on any atom is 0.0730 e. The SMILES string of the molecule is CCc1ccccc1.O[C@@H]1CCN([C@@H]2CCCC[C@H]2OCCc2ccccc2)C1. The minimum atomic E-state index is -0.128. The van der Waals surface area contributed by atoms with Crippen LogP contribution in [0.2, 0.25) is 0 Å². The van der Waals surface area contributed by atoms with Gasteiger partial charge in [0, 0.05) is 19.1 Å². The van der Waals surface area contributed by atoms with Gasteiger partial charge in [-0.2, -0.15) is 0 Å². The van der Waals surface area contributed by atoms with Crippen LogP contribution in [0.15, 0.2) is 60.7 Å². The van der Waals surface area contributed by atoms with Gasteiger partial charge >= 0.3 is 0 Å². The maximum absolute atomic E-state index is 9.76. The Morgan fingerprint density at radius 2 is 1.55 bits per heavy atom. The van der Waals surface area contributed by atoms with Crippen molar-refractivity contribution >= 4 is 0 Å².